The van der Waals surface area contributed by atoms with E-state index >= 15 is 0 Å². The van der Waals surface area contributed by atoms with Gasteiger partial charge in [0.25, 0.3) is 0 Å². The maximum Gasteiger partial charge on any atom is 0.409 e. The number of carboxylic acid groups (broad SMARTS) is 1. The number of carbonyl (C=O) groups is 3. The number of amides is 2. The summed E-state index contributed by atoms with van der Waals surface area (Å²) in [6.45, 7) is 1.14. The number of alkyl halides is 3. The summed E-state index contributed by atoms with van der Waals surface area (Å²) < 4.78 is 50.5. The molecule has 0 bridgehead atoms. The van der Waals surface area contributed by atoms with Crippen LogP contribution < -0.4 is 10.6 Å². The van der Waals surface area contributed by atoms with Gasteiger partial charge in [-0.25, -0.2) is 9.59 Å². The summed E-state index contributed by atoms with van der Waals surface area (Å²) in [5.41, 5.74) is 3.70. The van der Waals surface area contributed by atoms with Crippen LogP contribution >= 0.6 is 0 Å². The van der Waals surface area contributed by atoms with Gasteiger partial charge in [-0.3, -0.25) is 4.79 Å². The summed E-state index contributed by atoms with van der Waals surface area (Å²) in [6, 6.07) is 10.8. The molecule has 0 fully saturated rings. The Labute approximate surface area is 199 Å². The molecule has 3 N–H and O–H groups in total. The van der Waals surface area contributed by atoms with Gasteiger partial charge in [-0.05, 0) is 29.2 Å². The molecule has 35 heavy (non-hydrogen) atoms. The van der Waals surface area contributed by atoms with Gasteiger partial charge in [0.15, 0.2) is 6.04 Å². The zero-order chi connectivity index (χ0) is 25.8. The second-order valence-electron chi connectivity index (χ2n) is 8.09. The number of halogens is 3. The molecular formula is C24H25F3N2O6. The number of rotatable bonds is 9. The SMILES string of the molecule is COC(C)C(NC(=O)CC(NC(=O)OCC1c2ccccc2-c2ccccc21)C(F)(F)F)C(=O)O. The fourth-order valence-electron chi connectivity index (χ4n) is 3.96. The minimum Gasteiger partial charge on any atom is -0.480 e. The maximum absolute atomic E-state index is 13.5. The molecule has 3 rings (SSSR count). The number of alkyl carbamates (subject to hydrolysis) is 1. The van der Waals surface area contributed by atoms with Crippen LogP contribution in [0.4, 0.5) is 18.0 Å². The first kappa shape index (κ1) is 26.0. The van der Waals surface area contributed by atoms with E-state index in [0.717, 1.165) is 22.3 Å². The predicted octanol–water partition coefficient (Wildman–Crippen LogP) is 3.45. The number of hydrogen-bond donors (Lipinski definition) is 3. The highest BCUT2D eigenvalue weighted by molar-refractivity contribution is 5.84. The minimum atomic E-state index is -4.98. The first-order valence-electron chi connectivity index (χ1n) is 10.8. The van der Waals surface area contributed by atoms with Gasteiger partial charge in [-0.2, -0.15) is 13.2 Å². The number of hydrogen-bond acceptors (Lipinski definition) is 5. The average molecular weight is 494 g/mol. The molecular weight excluding hydrogens is 469 g/mol. The van der Waals surface area contributed by atoms with Crippen molar-refractivity contribution >= 4 is 18.0 Å². The van der Waals surface area contributed by atoms with E-state index in [-0.39, 0.29) is 12.5 Å². The molecule has 2 aromatic carbocycles. The fraction of sp³-hybridized carbons (Fsp3) is 0.375. The van der Waals surface area contributed by atoms with E-state index in [0.29, 0.717) is 0 Å². The van der Waals surface area contributed by atoms with Gasteiger partial charge in [0.05, 0.1) is 12.5 Å². The molecule has 0 spiro atoms. The van der Waals surface area contributed by atoms with Gasteiger partial charge in [0, 0.05) is 13.0 Å². The lowest BCUT2D eigenvalue weighted by Gasteiger charge is -2.24. The number of fused-ring (bicyclic) bond motifs is 3. The number of carbonyl (C=O) groups excluding carboxylic acids is 2. The summed E-state index contributed by atoms with van der Waals surface area (Å²) in [7, 11) is 1.20. The zero-order valence-electron chi connectivity index (χ0n) is 19.0. The lowest BCUT2D eigenvalue weighted by Crippen LogP contribution is -2.52. The third-order valence-electron chi connectivity index (χ3n) is 5.84. The molecule has 1 aliphatic carbocycles. The van der Waals surface area contributed by atoms with Crippen molar-refractivity contribution in [2.24, 2.45) is 0 Å². The molecule has 8 nitrogen and oxygen atoms in total. The van der Waals surface area contributed by atoms with Crippen molar-refractivity contribution in [3.63, 3.8) is 0 Å². The van der Waals surface area contributed by atoms with Crippen LogP contribution in [-0.4, -0.2) is 61.2 Å². The first-order valence-corrected chi connectivity index (χ1v) is 10.8. The number of aliphatic carboxylic acids is 1. The topological polar surface area (TPSA) is 114 Å². The van der Waals surface area contributed by atoms with Crippen molar-refractivity contribution < 1.29 is 42.1 Å². The Morgan fingerprint density at radius 2 is 1.54 bits per heavy atom. The van der Waals surface area contributed by atoms with E-state index in [4.69, 9.17) is 14.6 Å². The van der Waals surface area contributed by atoms with E-state index in [2.05, 4.69) is 0 Å². The molecule has 0 aromatic heterocycles. The monoisotopic (exact) mass is 494 g/mol. The highest BCUT2D eigenvalue weighted by Gasteiger charge is 2.43. The van der Waals surface area contributed by atoms with Crippen LogP contribution in [-0.2, 0) is 19.1 Å². The number of ether oxygens (including phenoxy) is 2. The number of methoxy groups -OCH3 is 1. The highest BCUT2D eigenvalue weighted by Crippen LogP contribution is 2.44. The quantitative estimate of drug-likeness (QED) is 0.492. The van der Waals surface area contributed by atoms with Gasteiger partial charge in [-0.1, -0.05) is 48.5 Å². The van der Waals surface area contributed by atoms with Crippen LogP contribution in [0, 0.1) is 0 Å². The smallest absolute Gasteiger partial charge is 0.409 e. The van der Waals surface area contributed by atoms with Gasteiger partial charge in [0.2, 0.25) is 5.91 Å². The normalized spacial score (nSPS) is 15.3. The van der Waals surface area contributed by atoms with Crippen LogP contribution in [0.15, 0.2) is 48.5 Å². The first-order chi connectivity index (χ1) is 16.5. The van der Waals surface area contributed by atoms with Crippen molar-refractivity contribution in [3.8, 4) is 11.1 Å². The lowest BCUT2D eigenvalue weighted by atomic mass is 9.98. The van der Waals surface area contributed by atoms with Crippen LogP contribution in [0.2, 0.25) is 0 Å². The van der Waals surface area contributed by atoms with Crippen molar-refractivity contribution in [1.82, 2.24) is 10.6 Å². The van der Waals surface area contributed by atoms with E-state index in [9.17, 15) is 27.6 Å². The van der Waals surface area contributed by atoms with Crippen molar-refractivity contribution in [1.29, 1.82) is 0 Å². The maximum atomic E-state index is 13.5. The van der Waals surface area contributed by atoms with Crippen LogP contribution in [0.3, 0.4) is 0 Å². The van der Waals surface area contributed by atoms with Gasteiger partial charge < -0.3 is 25.2 Å². The second-order valence-corrected chi connectivity index (χ2v) is 8.09. The number of nitrogens with one attached hydrogen (secondary N) is 2. The molecule has 188 valence electrons. The van der Waals surface area contributed by atoms with E-state index in [1.54, 1.807) is 5.32 Å². The molecule has 11 heteroatoms. The standard InChI is InChI=1S/C24H25F3N2O6/c1-13(34-2)21(22(31)32)29-20(30)11-19(24(25,26)27)28-23(33)35-12-18-16-9-5-3-7-14(16)15-8-4-6-10-17(15)18/h3-10,13,18-19,21H,11-12H2,1-2H3,(H,28,33)(H,29,30)(H,31,32). The largest absolute Gasteiger partial charge is 0.480 e. The Kier molecular flexibility index (Phi) is 8.00. The fourth-order valence-corrected chi connectivity index (χ4v) is 3.96. The Balaban J connectivity index is 1.65. The summed E-state index contributed by atoms with van der Waals surface area (Å²) in [6.07, 6.45) is -8.54. The van der Waals surface area contributed by atoms with Crippen molar-refractivity contribution in [2.75, 3.05) is 13.7 Å². The molecule has 3 unspecified atom stereocenters. The number of carboxylic acids is 1. The highest BCUT2D eigenvalue weighted by atomic mass is 19.4. The van der Waals surface area contributed by atoms with Crippen LogP contribution in [0.1, 0.15) is 30.4 Å². The summed E-state index contributed by atoms with van der Waals surface area (Å²) in [4.78, 5) is 35.7. The molecule has 0 radical (unpaired) electrons. The van der Waals surface area contributed by atoms with Crippen LogP contribution in [0.25, 0.3) is 11.1 Å². The zero-order valence-corrected chi connectivity index (χ0v) is 19.0. The van der Waals surface area contributed by atoms with Crippen LogP contribution in [0.5, 0.6) is 0 Å². The van der Waals surface area contributed by atoms with Crippen molar-refractivity contribution in [3.05, 3.63) is 59.7 Å². The Morgan fingerprint density at radius 1 is 1.00 bits per heavy atom. The molecule has 3 atom stereocenters. The molecule has 0 saturated carbocycles. The molecule has 2 amide bonds. The number of benzene rings is 2. The van der Waals surface area contributed by atoms with E-state index in [1.165, 1.54) is 14.0 Å². The Morgan fingerprint density at radius 3 is 2.03 bits per heavy atom. The third kappa shape index (κ3) is 6.10. The summed E-state index contributed by atoms with van der Waals surface area (Å²) in [5.74, 6) is -3.05. The average Bonchev–Trinajstić information content (AvgIpc) is 3.13. The van der Waals surface area contributed by atoms with E-state index in [1.807, 2.05) is 53.8 Å². The van der Waals surface area contributed by atoms with Crippen molar-refractivity contribution in [2.45, 2.75) is 43.6 Å². The van der Waals surface area contributed by atoms with E-state index < -0.39 is 48.8 Å². The van der Waals surface area contributed by atoms with Gasteiger partial charge >= 0.3 is 18.2 Å². The Bertz CT molecular complexity index is 1050. The third-order valence-corrected chi connectivity index (χ3v) is 5.84. The second kappa shape index (κ2) is 10.8. The molecule has 0 aliphatic heterocycles. The molecule has 0 heterocycles. The summed E-state index contributed by atoms with van der Waals surface area (Å²) >= 11 is 0. The molecule has 1 aliphatic rings. The molecule has 0 saturated heterocycles. The predicted molar refractivity (Wildman–Crippen MR) is 119 cm³/mol. The minimum absolute atomic E-state index is 0.205. The lowest BCUT2D eigenvalue weighted by molar-refractivity contribution is -0.161. The van der Waals surface area contributed by atoms with Gasteiger partial charge in [0.1, 0.15) is 12.6 Å². The Hall–Kier alpha value is -3.60. The van der Waals surface area contributed by atoms with Gasteiger partial charge in [-0.15, -0.1) is 0 Å². The molecule has 2 aromatic rings. The summed E-state index contributed by atoms with van der Waals surface area (Å²) in [5, 5.41) is 12.8.